The highest BCUT2D eigenvalue weighted by atomic mass is 35.5. The van der Waals surface area contributed by atoms with Gasteiger partial charge in [0.15, 0.2) is 0 Å². The first-order chi connectivity index (χ1) is 13.3. The summed E-state index contributed by atoms with van der Waals surface area (Å²) in [6, 6.07) is 4.91. The summed E-state index contributed by atoms with van der Waals surface area (Å²) in [7, 11) is 0. The van der Waals surface area contributed by atoms with Crippen molar-refractivity contribution >= 4 is 45.9 Å². The number of aromatic nitrogens is 3. The minimum absolute atomic E-state index is 0.0462. The Morgan fingerprint density at radius 1 is 1.32 bits per heavy atom. The molecule has 0 amide bonds. The highest BCUT2D eigenvalue weighted by Crippen LogP contribution is 2.65. The molecular formula is C20H18Cl2N4O2. The SMILES string of the molecule is CC1(C)[C@@H]2[C@@H](C(=O)O)N(c3cc(-n4ccnc4)c4ccc(Cl)c(Cl)c4n3)C[C@@H]21. The van der Waals surface area contributed by atoms with Gasteiger partial charge in [-0.15, -0.1) is 0 Å². The number of piperidine rings is 1. The van der Waals surface area contributed by atoms with Crippen LogP contribution < -0.4 is 4.90 Å². The zero-order valence-corrected chi connectivity index (χ0v) is 16.8. The van der Waals surface area contributed by atoms with Crippen LogP contribution in [-0.4, -0.2) is 38.2 Å². The molecule has 6 nitrogen and oxygen atoms in total. The van der Waals surface area contributed by atoms with Crippen molar-refractivity contribution in [1.29, 1.82) is 0 Å². The average molecular weight is 417 g/mol. The number of halogens is 2. The third-order valence-electron chi connectivity index (χ3n) is 6.38. The molecule has 2 aromatic heterocycles. The molecule has 2 fully saturated rings. The molecule has 3 heterocycles. The number of anilines is 1. The van der Waals surface area contributed by atoms with Gasteiger partial charge in [-0.3, -0.25) is 0 Å². The summed E-state index contributed by atoms with van der Waals surface area (Å²) >= 11 is 12.7. The molecule has 0 spiro atoms. The highest BCUT2D eigenvalue weighted by Gasteiger charge is 2.69. The van der Waals surface area contributed by atoms with Crippen molar-refractivity contribution in [2.45, 2.75) is 19.9 Å². The molecule has 0 unspecified atom stereocenters. The fourth-order valence-electron chi connectivity index (χ4n) is 4.77. The van der Waals surface area contributed by atoms with E-state index in [1.165, 1.54) is 0 Å². The van der Waals surface area contributed by atoms with Crippen LogP contribution in [0, 0.1) is 17.3 Å². The van der Waals surface area contributed by atoms with Crippen molar-refractivity contribution in [2.75, 3.05) is 11.4 Å². The van der Waals surface area contributed by atoms with Crippen LogP contribution in [0.25, 0.3) is 16.6 Å². The van der Waals surface area contributed by atoms with Crippen molar-refractivity contribution in [3.63, 3.8) is 0 Å². The molecule has 3 aromatic rings. The summed E-state index contributed by atoms with van der Waals surface area (Å²) in [5, 5.41) is 11.5. The minimum Gasteiger partial charge on any atom is -0.480 e. The molecule has 144 valence electrons. The molecule has 1 saturated heterocycles. The summed E-state index contributed by atoms with van der Waals surface area (Å²) < 4.78 is 1.87. The fraction of sp³-hybridized carbons (Fsp3) is 0.350. The molecule has 0 radical (unpaired) electrons. The number of hydrogen-bond acceptors (Lipinski definition) is 4. The largest absolute Gasteiger partial charge is 0.480 e. The van der Waals surface area contributed by atoms with E-state index >= 15 is 0 Å². The van der Waals surface area contributed by atoms with Crippen molar-refractivity contribution < 1.29 is 9.90 Å². The summed E-state index contributed by atoms with van der Waals surface area (Å²) in [5.41, 5.74) is 1.43. The predicted molar refractivity (Wildman–Crippen MR) is 108 cm³/mol. The van der Waals surface area contributed by atoms with Gasteiger partial charge < -0.3 is 14.6 Å². The summed E-state index contributed by atoms with van der Waals surface area (Å²) in [4.78, 5) is 22.8. The number of fused-ring (bicyclic) bond motifs is 2. The average Bonchev–Trinajstić information content (AvgIpc) is 3.13. The number of hydrogen-bond donors (Lipinski definition) is 1. The van der Waals surface area contributed by atoms with Crippen LogP contribution in [-0.2, 0) is 4.79 Å². The first-order valence-corrected chi connectivity index (χ1v) is 9.83. The molecule has 1 saturated carbocycles. The van der Waals surface area contributed by atoms with Gasteiger partial charge in [-0.2, -0.15) is 0 Å². The monoisotopic (exact) mass is 416 g/mol. The molecule has 1 aliphatic heterocycles. The van der Waals surface area contributed by atoms with Crippen LogP contribution in [0.3, 0.4) is 0 Å². The van der Waals surface area contributed by atoms with E-state index in [0.717, 1.165) is 11.1 Å². The lowest BCUT2D eigenvalue weighted by molar-refractivity contribution is -0.139. The van der Waals surface area contributed by atoms with Gasteiger partial charge >= 0.3 is 5.97 Å². The molecule has 1 N–H and O–H groups in total. The van der Waals surface area contributed by atoms with Gasteiger partial charge in [-0.25, -0.2) is 14.8 Å². The van der Waals surface area contributed by atoms with Crippen molar-refractivity contribution in [1.82, 2.24) is 14.5 Å². The maximum atomic E-state index is 12.1. The van der Waals surface area contributed by atoms with Crippen molar-refractivity contribution in [3.8, 4) is 5.69 Å². The Hall–Kier alpha value is -2.31. The van der Waals surface area contributed by atoms with E-state index in [-0.39, 0.29) is 11.3 Å². The first kappa shape index (κ1) is 17.8. The minimum atomic E-state index is -0.818. The Kier molecular flexibility index (Phi) is 3.71. The van der Waals surface area contributed by atoms with Crippen LogP contribution >= 0.6 is 23.2 Å². The molecule has 5 rings (SSSR count). The van der Waals surface area contributed by atoms with E-state index < -0.39 is 12.0 Å². The second-order valence-corrected chi connectivity index (χ2v) is 8.90. The third-order valence-corrected chi connectivity index (χ3v) is 7.17. The molecule has 0 bridgehead atoms. The Labute approximate surface area is 171 Å². The molecule has 28 heavy (non-hydrogen) atoms. The predicted octanol–water partition coefficient (Wildman–Crippen LogP) is 4.27. The smallest absolute Gasteiger partial charge is 0.326 e. The van der Waals surface area contributed by atoms with E-state index in [0.29, 0.717) is 33.8 Å². The molecule has 1 aromatic carbocycles. The van der Waals surface area contributed by atoms with Crippen LogP contribution in [0.5, 0.6) is 0 Å². The number of rotatable bonds is 3. The number of aliphatic carboxylic acids is 1. The van der Waals surface area contributed by atoms with E-state index in [1.54, 1.807) is 18.6 Å². The number of carboxylic acid groups (broad SMARTS) is 1. The molecule has 3 atom stereocenters. The Balaban J connectivity index is 1.71. The van der Waals surface area contributed by atoms with Crippen LogP contribution in [0.4, 0.5) is 5.82 Å². The van der Waals surface area contributed by atoms with E-state index in [9.17, 15) is 9.90 Å². The summed E-state index contributed by atoms with van der Waals surface area (Å²) in [6.07, 6.45) is 5.22. The standard InChI is InChI=1S/C20H18Cl2N4O2/c1-20(2)11-8-26(18(15(11)20)19(27)28)14-7-13(25-6-5-23-9-25)10-3-4-12(21)16(22)17(10)24-14/h3-7,9,11,15,18H,8H2,1-2H3,(H,27,28)/t11-,15-,18-/m0/s1. The number of pyridine rings is 1. The van der Waals surface area contributed by atoms with E-state index in [1.807, 2.05) is 27.8 Å². The maximum absolute atomic E-state index is 12.1. The van der Waals surface area contributed by atoms with Gasteiger partial charge in [0.1, 0.15) is 11.9 Å². The Morgan fingerprint density at radius 2 is 2.11 bits per heavy atom. The number of benzene rings is 1. The molecule has 8 heteroatoms. The van der Waals surface area contributed by atoms with Gasteiger partial charge in [-0.05, 0) is 23.5 Å². The number of carboxylic acids is 1. The summed E-state index contributed by atoms with van der Waals surface area (Å²) in [6.45, 7) is 4.93. The Bertz CT molecular complexity index is 1110. The fourth-order valence-corrected chi connectivity index (χ4v) is 5.13. The van der Waals surface area contributed by atoms with Crippen molar-refractivity contribution in [2.24, 2.45) is 17.3 Å². The van der Waals surface area contributed by atoms with Gasteiger partial charge in [0.05, 0.1) is 27.6 Å². The summed E-state index contributed by atoms with van der Waals surface area (Å²) in [5.74, 6) is 0.240. The zero-order chi connectivity index (χ0) is 19.8. The van der Waals surface area contributed by atoms with Gasteiger partial charge in [0.2, 0.25) is 0 Å². The van der Waals surface area contributed by atoms with Gasteiger partial charge in [0, 0.05) is 36.3 Å². The van der Waals surface area contributed by atoms with Crippen LogP contribution in [0.15, 0.2) is 36.9 Å². The van der Waals surface area contributed by atoms with Crippen molar-refractivity contribution in [3.05, 3.63) is 47.0 Å². The second-order valence-electron chi connectivity index (χ2n) is 8.12. The third kappa shape index (κ3) is 2.37. The lowest BCUT2D eigenvalue weighted by Gasteiger charge is -2.29. The highest BCUT2D eigenvalue weighted by molar-refractivity contribution is 6.45. The second kappa shape index (κ2) is 5.84. The van der Waals surface area contributed by atoms with E-state index in [2.05, 4.69) is 18.8 Å². The van der Waals surface area contributed by atoms with E-state index in [4.69, 9.17) is 28.2 Å². The van der Waals surface area contributed by atoms with Gasteiger partial charge in [-0.1, -0.05) is 37.0 Å². The normalized spacial score (nSPS) is 25.1. The van der Waals surface area contributed by atoms with Crippen LogP contribution in [0.2, 0.25) is 10.0 Å². The molecular weight excluding hydrogens is 399 g/mol. The lowest BCUT2D eigenvalue weighted by atomic mass is 10.0. The quantitative estimate of drug-likeness (QED) is 0.689. The lowest BCUT2D eigenvalue weighted by Crippen LogP contribution is -2.42. The Morgan fingerprint density at radius 3 is 2.79 bits per heavy atom. The number of imidazole rings is 1. The number of nitrogens with zero attached hydrogens (tertiary/aromatic N) is 4. The maximum Gasteiger partial charge on any atom is 0.326 e. The first-order valence-electron chi connectivity index (χ1n) is 9.07. The topological polar surface area (TPSA) is 71.2 Å². The molecule has 2 aliphatic rings. The zero-order valence-electron chi connectivity index (χ0n) is 15.3. The molecule has 1 aliphatic carbocycles. The van der Waals surface area contributed by atoms with Gasteiger partial charge in [0.25, 0.3) is 0 Å². The van der Waals surface area contributed by atoms with Crippen LogP contribution in [0.1, 0.15) is 13.8 Å². The number of carbonyl (C=O) groups is 1.